The summed E-state index contributed by atoms with van der Waals surface area (Å²) in [5.41, 5.74) is 0.874. The zero-order valence-electron chi connectivity index (χ0n) is 17.3. The molecule has 2 amide bonds. The van der Waals surface area contributed by atoms with E-state index in [2.05, 4.69) is 30.7 Å². The van der Waals surface area contributed by atoms with Crippen LogP contribution in [0.25, 0.3) is 0 Å². The minimum Gasteiger partial charge on any atom is -0.340 e. The maximum atomic E-state index is 13.1. The van der Waals surface area contributed by atoms with Crippen LogP contribution >= 0.6 is 11.8 Å². The van der Waals surface area contributed by atoms with Gasteiger partial charge in [0.15, 0.2) is 0 Å². The van der Waals surface area contributed by atoms with Gasteiger partial charge in [0.2, 0.25) is 11.8 Å². The molecule has 1 unspecified atom stereocenters. The predicted octanol–water partition coefficient (Wildman–Crippen LogP) is 2.88. The molecule has 154 valence electrons. The van der Waals surface area contributed by atoms with E-state index < -0.39 is 0 Å². The summed E-state index contributed by atoms with van der Waals surface area (Å²) in [6, 6.07) is 3.81. The summed E-state index contributed by atoms with van der Waals surface area (Å²) in [6.07, 6.45) is 4.41. The molecule has 1 saturated heterocycles. The SMILES string of the molecule is CCCCN1CCN(C(=O)CC2Sc3ncccc3N(CC(C)C)C2=O)CC1. The van der Waals surface area contributed by atoms with E-state index in [1.807, 2.05) is 21.9 Å². The van der Waals surface area contributed by atoms with Crippen molar-refractivity contribution in [1.29, 1.82) is 0 Å². The standard InChI is InChI=1S/C21H32N4O2S/c1-4-5-9-23-10-12-24(13-11-23)19(26)14-18-21(27)25(15-16(2)3)17-7-6-8-22-20(17)28-18/h6-8,16,18H,4-5,9-15H2,1-3H3. The van der Waals surface area contributed by atoms with Gasteiger partial charge in [0, 0.05) is 45.3 Å². The molecule has 1 fully saturated rings. The number of hydrogen-bond acceptors (Lipinski definition) is 5. The van der Waals surface area contributed by atoms with Crippen molar-refractivity contribution in [2.75, 3.05) is 44.2 Å². The Balaban J connectivity index is 1.62. The molecular formula is C21H32N4O2S. The van der Waals surface area contributed by atoms with Crippen molar-refractivity contribution in [1.82, 2.24) is 14.8 Å². The highest BCUT2D eigenvalue weighted by Crippen LogP contribution is 2.39. The smallest absolute Gasteiger partial charge is 0.241 e. The van der Waals surface area contributed by atoms with Gasteiger partial charge in [0.1, 0.15) is 5.03 Å². The fraction of sp³-hybridized carbons (Fsp3) is 0.667. The summed E-state index contributed by atoms with van der Waals surface area (Å²) in [5, 5.41) is 0.469. The number of aromatic nitrogens is 1. The van der Waals surface area contributed by atoms with Crippen molar-refractivity contribution in [3.63, 3.8) is 0 Å². The average molecular weight is 405 g/mol. The molecule has 0 aromatic carbocycles. The second-order valence-corrected chi connectivity index (χ2v) is 9.25. The Bertz CT molecular complexity index is 689. The van der Waals surface area contributed by atoms with Crippen LogP contribution in [0, 0.1) is 5.92 Å². The minimum absolute atomic E-state index is 0.0362. The Kier molecular flexibility index (Phi) is 7.35. The topological polar surface area (TPSA) is 56.8 Å². The molecule has 7 heteroatoms. The van der Waals surface area contributed by atoms with Crippen molar-refractivity contribution in [2.24, 2.45) is 5.92 Å². The Morgan fingerprint density at radius 3 is 2.71 bits per heavy atom. The molecule has 3 rings (SSSR count). The molecule has 0 spiro atoms. The Hall–Kier alpha value is -1.60. The molecule has 1 atom stereocenters. The Morgan fingerprint density at radius 1 is 1.29 bits per heavy atom. The van der Waals surface area contributed by atoms with E-state index >= 15 is 0 Å². The van der Waals surface area contributed by atoms with Crippen molar-refractivity contribution < 1.29 is 9.59 Å². The maximum absolute atomic E-state index is 13.1. The number of nitrogens with zero attached hydrogens (tertiary/aromatic N) is 4. The van der Waals surface area contributed by atoms with E-state index in [0.717, 1.165) is 43.4 Å². The van der Waals surface area contributed by atoms with E-state index in [0.29, 0.717) is 12.5 Å². The number of amides is 2. The largest absolute Gasteiger partial charge is 0.340 e. The number of hydrogen-bond donors (Lipinski definition) is 0. The lowest BCUT2D eigenvalue weighted by molar-refractivity contribution is -0.134. The molecule has 0 aliphatic carbocycles. The van der Waals surface area contributed by atoms with E-state index in [1.165, 1.54) is 24.6 Å². The highest BCUT2D eigenvalue weighted by Gasteiger charge is 2.37. The number of rotatable bonds is 7. The van der Waals surface area contributed by atoms with Gasteiger partial charge in [-0.25, -0.2) is 4.98 Å². The Labute approximate surface area is 172 Å². The fourth-order valence-electron chi connectivity index (χ4n) is 3.73. The minimum atomic E-state index is -0.383. The maximum Gasteiger partial charge on any atom is 0.241 e. The lowest BCUT2D eigenvalue weighted by atomic mass is 10.1. The zero-order chi connectivity index (χ0) is 20.1. The van der Waals surface area contributed by atoms with Crippen LogP contribution in [0.3, 0.4) is 0 Å². The van der Waals surface area contributed by atoms with Gasteiger partial charge in [-0.05, 0) is 31.0 Å². The van der Waals surface area contributed by atoms with Gasteiger partial charge in [-0.15, -0.1) is 0 Å². The van der Waals surface area contributed by atoms with E-state index in [1.54, 1.807) is 6.20 Å². The van der Waals surface area contributed by atoms with Crippen LogP contribution in [0.15, 0.2) is 23.4 Å². The first kappa shape index (κ1) is 21.1. The molecule has 1 aromatic rings. The summed E-state index contributed by atoms with van der Waals surface area (Å²) >= 11 is 1.44. The van der Waals surface area contributed by atoms with Crippen LogP contribution in [0.1, 0.15) is 40.0 Å². The molecule has 28 heavy (non-hydrogen) atoms. The normalized spacial score (nSPS) is 20.6. The lowest BCUT2D eigenvalue weighted by Crippen LogP contribution is -2.50. The average Bonchev–Trinajstić information content (AvgIpc) is 2.69. The summed E-state index contributed by atoms with van der Waals surface area (Å²) < 4.78 is 0. The second-order valence-electron chi connectivity index (χ2n) is 8.06. The molecule has 6 nitrogen and oxygen atoms in total. The highest BCUT2D eigenvalue weighted by atomic mass is 32.2. The summed E-state index contributed by atoms with van der Waals surface area (Å²) in [7, 11) is 0. The number of unbranched alkanes of at least 4 members (excludes halogenated alkanes) is 1. The number of anilines is 1. The van der Waals surface area contributed by atoms with Gasteiger partial charge in [-0.2, -0.15) is 0 Å². The van der Waals surface area contributed by atoms with Crippen molar-refractivity contribution >= 4 is 29.3 Å². The van der Waals surface area contributed by atoms with Gasteiger partial charge in [0.25, 0.3) is 0 Å². The second kappa shape index (κ2) is 9.74. The zero-order valence-corrected chi connectivity index (χ0v) is 18.1. The molecular weight excluding hydrogens is 372 g/mol. The third-order valence-corrected chi connectivity index (χ3v) is 6.49. The van der Waals surface area contributed by atoms with E-state index in [-0.39, 0.29) is 23.5 Å². The summed E-state index contributed by atoms with van der Waals surface area (Å²) in [4.78, 5) is 36.6. The molecule has 0 saturated carbocycles. The molecule has 0 radical (unpaired) electrons. The Morgan fingerprint density at radius 2 is 2.04 bits per heavy atom. The quantitative estimate of drug-likeness (QED) is 0.699. The van der Waals surface area contributed by atoms with Gasteiger partial charge in [0.05, 0.1) is 10.9 Å². The molecule has 0 N–H and O–H groups in total. The third-order valence-electron chi connectivity index (χ3n) is 5.30. The van der Waals surface area contributed by atoms with Crippen molar-refractivity contribution in [3.05, 3.63) is 18.3 Å². The molecule has 2 aliphatic heterocycles. The predicted molar refractivity (Wildman–Crippen MR) is 114 cm³/mol. The van der Waals surface area contributed by atoms with Crippen LogP contribution in [0.2, 0.25) is 0 Å². The third kappa shape index (κ3) is 5.06. The number of carbonyl (C=O) groups is 2. The van der Waals surface area contributed by atoms with Crippen LogP contribution in [0.5, 0.6) is 0 Å². The van der Waals surface area contributed by atoms with Gasteiger partial charge >= 0.3 is 0 Å². The van der Waals surface area contributed by atoms with Crippen LogP contribution < -0.4 is 4.90 Å². The lowest BCUT2D eigenvalue weighted by Gasteiger charge is -2.37. The number of fused-ring (bicyclic) bond motifs is 1. The van der Waals surface area contributed by atoms with Gasteiger partial charge in [-0.3, -0.25) is 14.5 Å². The molecule has 2 aliphatic rings. The van der Waals surface area contributed by atoms with Crippen LogP contribution in [0.4, 0.5) is 5.69 Å². The summed E-state index contributed by atoms with van der Waals surface area (Å²) in [5.74, 6) is 0.478. The monoisotopic (exact) mass is 404 g/mol. The van der Waals surface area contributed by atoms with E-state index in [4.69, 9.17) is 0 Å². The fourth-order valence-corrected chi connectivity index (χ4v) is 4.87. The first-order valence-corrected chi connectivity index (χ1v) is 11.3. The molecule has 3 heterocycles. The van der Waals surface area contributed by atoms with Gasteiger partial charge in [-0.1, -0.05) is 39.0 Å². The van der Waals surface area contributed by atoms with Crippen LogP contribution in [-0.4, -0.2) is 71.1 Å². The highest BCUT2D eigenvalue weighted by molar-refractivity contribution is 8.00. The van der Waals surface area contributed by atoms with Crippen molar-refractivity contribution in [3.8, 4) is 0 Å². The number of pyridine rings is 1. The van der Waals surface area contributed by atoms with Gasteiger partial charge < -0.3 is 9.80 Å². The van der Waals surface area contributed by atoms with E-state index in [9.17, 15) is 9.59 Å². The molecule has 1 aromatic heterocycles. The number of thioether (sulfide) groups is 1. The molecule has 0 bridgehead atoms. The number of carbonyl (C=O) groups excluding carboxylic acids is 2. The first-order chi connectivity index (χ1) is 13.5. The number of piperazine rings is 1. The summed E-state index contributed by atoms with van der Waals surface area (Å²) in [6.45, 7) is 11.6. The first-order valence-electron chi connectivity index (χ1n) is 10.4. The van der Waals surface area contributed by atoms with Crippen molar-refractivity contribution in [2.45, 2.75) is 50.3 Å². The van der Waals surface area contributed by atoms with Crippen LogP contribution in [-0.2, 0) is 9.59 Å².